The highest BCUT2D eigenvalue weighted by molar-refractivity contribution is 5.27. The Kier molecular flexibility index (Phi) is 5.78. The molecule has 0 fully saturated rings. The predicted molar refractivity (Wildman–Crippen MR) is 85.7 cm³/mol. The number of aryl methyl sites for hydroxylation is 1. The number of aliphatic hydroxyl groups is 1. The third kappa shape index (κ3) is 4.88. The van der Waals surface area contributed by atoms with Gasteiger partial charge in [-0.1, -0.05) is 42.0 Å². The Hall–Kier alpha value is -1.84. The van der Waals surface area contributed by atoms with Gasteiger partial charge in [0.15, 0.2) is 0 Å². The van der Waals surface area contributed by atoms with E-state index in [2.05, 4.69) is 17.4 Å². The summed E-state index contributed by atoms with van der Waals surface area (Å²) in [5.74, 6) is 0.876. The van der Waals surface area contributed by atoms with E-state index in [1.54, 1.807) is 7.11 Å². The van der Waals surface area contributed by atoms with Gasteiger partial charge in [0.25, 0.3) is 0 Å². The summed E-state index contributed by atoms with van der Waals surface area (Å²) in [6.07, 6.45) is 0.478. The average molecular weight is 285 g/mol. The van der Waals surface area contributed by atoms with Crippen LogP contribution in [0.25, 0.3) is 0 Å². The van der Waals surface area contributed by atoms with Crippen LogP contribution in [0.3, 0.4) is 0 Å². The molecule has 0 heterocycles. The van der Waals surface area contributed by atoms with E-state index in [4.69, 9.17) is 4.74 Å². The maximum atomic E-state index is 10.1. The van der Waals surface area contributed by atoms with Gasteiger partial charge in [-0.2, -0.15) is 0 Å². The lowest BCUT2D eigenvalue weighted by Crippen LogP contribution is -2.23. The molecule has 1 atom stereocenters. The first kappa shape index (κ1) is 15.5. The van der Waals surface area contributed by atoms with Crippen LogP contribution in [-0.4, -0.2) is 25.3 Å². The smallest absolute Gasteiger partial charge is 0.118 e. The van der Waals surface area contributed by atoms with Gasteiger partial charge in [-0.3, -0.25) is 0 Å². The second-order valence-electron chi connectivity index (χ2n) is 5.23. The number of nitrogens with one attached hydrogen (secondary N) is 1. The number of hydrogen-bond donors (Lipinski definition) is 2. The summed E-state index contributed by atoms with van der Waals surface area (Å²) < 4.78 is 5.13. The number of methoxy groups -OCH3 is 1. The normalized spacial score (nSPS) is 12.1. The summed E-state index contributed by atoms with van der Waals surface area (Å²) in [6, 6.07) is 16.1. The van der Waals surface area contributed by atoms with E-state index in [9.17, 15) is 5.11 Å². The molecule has 0 aliphatic heterocycles. The average Bonchev–Trinajstić information content (AvgIpc) is 2.52. The van der Waals surface area contributed by atoms with Crippen molar-refractivity contribution in [2.45, 2.75) is 19.4 Å². The first-order valence-electron chi connectivity index (χ1n) is 7.27. The van der Waals surface area contributed by atoms with E-state index in [1.165, 1.54) is 11.1 Å². The molecule has 0 aliphatic carbocycles. The molecule has 0 saturated heterocycles. The molecule has 0 aromatic heterocycles. The molecule has 0 radical (unpaired) electrons. The lowest BCUT2D eigenvalue weighted by molar-refractivity contribution is 0.175. The topological polar surface area (TPSA) is 41.5 Å². The fourth-order valence-electron chi connectivity index (χ4n) is 2.17. The van der Waals surface area contributed by atoms with Crippen LogP contribution >= 0.6 is 0 Å². The van der Waals surface area contributed by atoms with Crippen molar-refractivity contribution in [1.29, 1.82) is 0 Å². The van der Waals surface area contributed by atoms with Gasteiger partial charge >= 0.3 is 0 Å². The minimum Gasteiger partial charge on any atom is -0.497 e. The Morgan fingerprint density at radius 2 is 1.71 bits per heavy atom. The van der Waals surface area contributed by atoms with Gasteiger partial charge in [-0.05, 0) is 43.1 Å². The standard InChI is InChI=1S/C18H23NO2/c1-14-3-7-16(8-4-14)18(20)13-19-12-11-15-5-9-17(21-2)10-6-15/h3-10,18-20H,11-13H2,1-2H3. The third-order valence-corrected chi connectivity index (χ3v) is 3.55. The zero-order valence-corrected chi connectivity index (χ0v) is 12.7. The molecule has 3 nitrogen and oxygen atoms in total. The molecule has 1 unspecified atom stereocenters. The van der Waals surface area contributed by atoms with Crippen molar-refractivity contribution in [3.63, 3.8) is 0 Å². The summed E-state index contributed by atoms with van der Waals surface area (Å²) in [7, 11) is 1.67. The quantitative estimate of drug-likeness (QED) is 0.769. The van der Waals surface area contributed by atoms with Crippen LogP contribution in [0.2, 0.25) is 0 Å². The van der Waals surface area contributed by atoms with Crippen LogP contribution in [0.4, 0.5) is 0 Å². The van der Waals surface area contributed by atoms with Crippen molar-refractivity contribution < 1.29 is 9.84 Å². The van der Waals surface area contributed by atoms with Gasteiger partial charge in [-0.15, -0.1) is 0 Å². The minimum absolute atomic E-state index is 0.457. The predicted octanol–water partition coefficient (Wildman–Crippen LogP) is 2.87. The molecule has 2 N–H and O–H groups in total. The van der Waals surface area contributed by atoms with E-state index in [1.807, 2.05) is 43.3 Å². The number of hydrogen-bond acceptors (Lipinski definition) is 3. The van der Waals surface area contributed by atoms with Crippen LogP contribution in [0.15, 0.2) is 48.5 Å². The number of benzene rings is 2. The third-order valence-electron chi connectivity index (χ3n) is 3.55. The zero-order chi connectivity index (χ0) is 15.1. The molecule has 0 amide bonds. The Labute approximate surface area is 126 Å². The van der Waals surface area contributed by atoms with E-state index in [-0.39, 0.29) is 0 Å². The first-order chi connectivity index (χ1) is 10.2. The van der Waals surface area contributed by atoms with Gasteiger partial charge in [0.1, 0.15) is 5.75 Å². The fourth-order valence-corrected chi connectivity index (χ4v) is 2.17. The summed E-state index contributed by atoms with van der Waals surface area (Å²) in [5.41, 5.74) is 3.42. The number of rotatable bonds is 7. The molecule has 2 aromatic carbocycles. The lowest BCUT2D eigenvalue weighted by Gasteiger charge is -2.12. The Bertz CT molecular complexity index is 534. The van der Waals surface area contributed by atoms with Gasteiger partial charge in [0.2, 0.25) is 0 Å². The Balaban J connectivity index is 1.72. The Morgan fingerprint density at radius 1 is 1.05 bits per heavy atom. The van der Waals surface area contributed by atoms with Crippen molar-refractivity contribution in [2.24, 2.45) is 0 Å². The summed E-state index contributed by atoms with van der Waals surface area (Å²) in [4.78, 5) is 0. The maximum Gasteiger partial charge on any atom is 0.118 e. The van der Waals surface area contributed by atoms with Crippen molar-refractivity contribution in [1.82, 2.24) is 5.32 Å². The number of aliphatic hydroxyl groups excluding tert-OH is 1. The molecule has 0 saturated carbocycles. The van der Waals surface area contributed by atoms with Gasteiger partial charge in [0, 0.05) is 6.54 Å². The monoisotopic (exact) mass is 285 g/mol. The van der Waals surface area contributed by atoms with Crippen molar-refractivity contribution in [3.05, 3.63) is 65.2 Å². The van der Waals surface area contributed by atoms with E-state index in [0.29, 0.717) is 6.54 Å². The SMILES string of the molecule is COc1ccc(CCNCC(O)c2ccc(C)cc2)cc1. The zero-order valence-electron chi connectivity index (χ0n) is 12.7. The molecule has 0 aliphatic rings. The minimum atomic E-state index is -0.457. The Morgan fingerprint density at radius 3 is 2.33 bits per heavy atom. The summed E-state index contributed by atoms with van der Waals surface area (Å²) >= 11 is 0. The van der Waals surface area contributed by atoms with Crippen LogP contribution in [0.1, 0.15) is 22.8 Å². The van der Waals surface area contributed by atoms with Crippen LogP contribution in [0, 0.1) is 6.92 Å². The van der Waals surface area contributed by atoms with Crippen molar-refractivity contribution >= 4 is 0 Å². The second-order valence-corrected chi connectivity index (χ2v) is 5.23. The fraction of sp³-hybridized carbons (Fsp3) is 0.333. The first-order valence-corrected chi connectivity index (χ1v) is 7.27. The highest BCUT2D eigenvalue weighted by Gasteiger charge is 2.06. The van der Waals surface area contributed by atoms with Crippen molar-refractivity contribution in [2.75, 3.05) is 20.2 Å². The van der Waals surface area contributed by atoms with E-state index >= 15 is 0 Å². The highest BCUT2D eigenvalue weighted by atomic mass is 16.5. The van der Waals surface area contributed by atoms with Crippen LogP contribution in [-0.2, 0) is 6.42 Å². The van der Waals surface area contributed by atoms with Gasteiger partial charge in [-0.25, -0.2) is 0 Å². The second kappa shape index (κ2) is 7.81. The summed E-state index contributed by atoms with van der Waals surface area (Å²) in [5, 5.41) is 13.4. The molecule has 2 aromatic rings. The molecule has 112 valence electrons. The molecular formula is C18H23NO2. The maximum absolute atomic E-state index is 10.1. The van der Waals surface area contributed by atoms with Crippen LogP contribution < -0.4 is 10.1 Å². The van der Waals surface area contributed by atoms with Crippen LogP contribution in [0.5, 0.6) is 5.75 Å². The molecule has 21 heavy (non-hydrogen) atoms. The molecule has 0 spiro atoms. The molecule has 3 heteroatoms. The lowest BCUT2D eigenvalue weighted by atomic mass is 10.1. The van der Waals surface area contributed by atoms with E-state index < -0.39 is 6.10 Å². The largest absolute Gasteiger partial charge is 0.497 e. The molecule has 2 rings (SSSR count). The highest BCUT2D eigenvalue weighted by Crippen LogP contribution is 2.13. The van der Waals surface area contributed by atoms with Crippen molar-refractivity contribution in [3.8, 4) is 5.75 Å². The van der Waals surface area contributed by atoms with Gasteiger partial charge < -0.3 is 15.2 Å². The molecular weight excluding hydrogens is 262 g/mol. The van der Waals surface area contributed by atoms with Gasteiger partial charge in [0.05, 0.1) is 13.2 Å². The summed E-state index contributed by atoms with van der Waals surface area (Å²) in [6.45, 7) is 3.46. The molecule has 0 bridgehead atoms. The van der Waals surface area contributed by atoms with E-state index in [0.717, 1.165) is 24.3 Å². The number of ether oxygens (including phenoxy) is 1.